The third-order valence-corrected chi connectivity index (χ3v) is 3.77. The molecule has 1 rings (SSSR count). The van der Waals surface area contributed by atoms with Gasteiger partial charge in [-0.25, -0.2) is 0 Å². The Labute approximate surface area is 145 Å². The minimum atomic E-state index is 0. The van der Waals surface area contributed by atoms with E-state index in [1.807, 2.05) is 18.2 Å². The molecule has 0 heterocycles. The van der Waals surface area contributed by atoms with Crippen molar-refractivity contribution in [3.63, 3.8) is 0 Å². The lowest BCUT2D eigenvalue weighted by atomic mass is 10.2. The van der Waals surface area contributed by atoms with Crippen LogP contribution in [0.5, 0.6) is 0 Å². The van der Waals surface area contributed by atoms with Gasteiger partial charge in [0.15, 0.2) is 0 Å². The third-order valence-electron chi connectivity index (χ3n) is 3.04. The fourth-order valence-corrected chi connectivity index (χ4v) is 2.17. The Balaban J connectivity index is 0. The Morgan fingerprint density at radius 3 is 2.25 bits per heavy atom. The van der Waals surface area contributed by atoms with E-state index in [9.17, 15) is 0 Å². The Morgan fingerprint density at radius 1 is 1.05 bits per heavy atom. The van der Waals surface area contributed by atoms with Crippen molar-refractivity contribution in [2.45, 2.75) is 26.8 Å². The van der Waals surface area contributed by atoms with Crippen LogP contribution in [0.3, 0.4) is 0 Å². The van der Waals surface area contributed by atoms with Gasteiger partial charge in [-0.05, 0) is 50.3 Å². The molecule has 1 aromatic carbocycles. The Bertz CT molecular complexity index is 357. The summed E-state index contributed by atoms with van der Waals surface area (Å²) >= 11 is 11.8. The Morgan fingerprint density at radius 2 is 1.70 bits per heavy atom. The van der Waals surface area contributed by atoms with Gasteiger partial charge < -0.3 is 10.2 Å². The topological polar surface area (TPSA) is 15.3 Å². The summed E-state index contributed by atoms with van der Waals surface area (Å²) in [6, 6.07) is 5.77. The van der Waals surface area contributed by atoms with Crippen molar-refractivity contribution in [2.75, 3.05) is 26.2 Å². The molecule has 0 amide bonds. The van der Waals surface area contributed by atoms with E-state index in [4.69, 9.17) is 23.2 Å². The van der Waals surface area contributed by atoms with Crippen molar-refractivity contribution in [1.29, 1.82) is 0 Å². The van der Waals surface area contributed by atoms with E-state index in [1.54, 1.807) is 0 Å². The normalized spacial score (nSPS) is 10.1. The van der Waals surface area contributed by atoms with Crippen molar-refractivity contribution >= 4 is 48.0 Å². The summed E-state index contributed by atoms with van der Waals surface area (Å²) in [4.78, 5) is 2.43. The lowest BCUT2D eigenvalue weighted by Gasteiger charge is -2.17. The molecule has 6 heteroatoms. The van der Waals surface area contributed by atoms with Crippen LogP contribution < -0.4 is 5.32 Å². The average Bonchev–Trinajstić information content (AvgIpc) is 2.38. The SMILES string of the molecule is CCN(CC)CCCNCc1ccc(Cl)c(Cl)c1.Cl.Cl. The maximum atomic E-state index is 5.97. The minimum Gasteiger partial charge on any atom is -0.313 e. The van der Waals surface area contributed by atoms with E-state index in [1.165, 1.54) is 12.0 Å². The van der Waals surface area contributed by atoms with E-state index in [0.717, 1.165) is 32.7 Å². The number of hydrogen-bond donors (Lipinski definition) is 1. The zero-order valence-electron chi connectivity index (χ0n) is 12.0. The van der Waals surface area contributed by atoms with Crippen LogP contribution in [0.1, 0.15) is 25.8 Å². The molecule has 0 aliphatic heterocycles. The first-order valence-electron chi connectivity index (χ1n) is 6.54. The number of benzene rings is 1. The monoisotopic (exact) mass is 360 g/mol. The maximum absolute atomic E-state index is 5.97. The fraction of sp³-hybridized carbons (Fsp3) is 0.571. The van der Waals surface area contributed by atoms with Gasteiger partial charge in [-0.3, -0.25) is 0 Å². The molecule has 0 saturated carbocycles. The van der Waals surface area contributed by atoms with E-state index < -0.39 is 0 Å². The van der Waals surface area contributed by atoms with Crippen molar-refractivity contribution < 1.29 is 0 Å². The predicted molar refractivity (Wildman–Crippen MR) is 95.1 cm³/mol. The molecule has 0 radical (unpaired) electrons. The summed E-state index contributed by atoms with van der Waals surface area (Å²) in [6.45, 7) is 9.68. The smallest absolute Gasteiger partial charge is 0.0595 e. The molecule has 0 spiro atoms. The van der Waals surface area contributed by atoms with Crippen LogP contribution in [0.15, 0.2) is 18.2 Å². The summed E-state index contributed by atoms with van der Waals surface area (Å²) in [6.07, 6.45) is 1.17. The number of nitrogens with one attached hydrogen (secondary N) is 1. The van der Waals surface area contributed by atoms with Gasteiger partial charge >= 0.3 is 0 Å². The standard InChI is InChI=1S/C14H22Cl2N2.2ClH/c1-3-18(4-2)9-5-8-17-11-12-6-7-13(15)14(16)10-12;;/h6-7,10,17H,3-5,8-9,11H2,1-2H3;2*1H. The highest BCUT2D eigenvalue weighted by Crippen LogP contribution is 2.22. The predicted octanol–water partition coefficient (Wildman–Crippen LogP) is 4.66. The first-order valence-corrected chi connectivity index (χ1v) is 7.30. The molecule has 0 aliphatic carbocycles. The zero-order chi connectivity index (χ0) is 13.4. The van der Waals surface area contributed by atoms with E-state index in [2.05, 4.69) is 24.1 Å². The Kier molecular flexibility index (Phi) is 14.7. The van der Waals surface area contributed by atoms with Crippen LogP contribution in [-0.2, 0) is 6.54 Å². The highest BCUT2D eigenvalue weighted by Gasteiger charge is 2.00. The van der Waals surface area contributed by atoms with E-state index >= 15 is 0 Å². The van der Waals surface area contributed by atoms with Gasteiger partial charge in [0.05, 0.1) is 10.0 Å². The molecule has 20 heavy (non-hydrogen) atoms. The lowest BCUT2D eigenvalue weighted by molar-refractivity contribution is 0.298. The second-order valence-corrected chi connectivity index (χ2v) is 5.12. The van der Waals surface area contributed by atoms with Gasteiger partial charge in [-0.1, -0.05) is 43.1 Å². The van der Waals surface area contributed by atoms with Gasteiger partial charge in [0, 0.05) is 6.54 Å². The van der Waals surface area contributed by atoms with Crippen molar-refractivity contribution in [3.8, 4) is 0 Å². The highest BCUT2D eigenvalue weighted by atomic mass is 35.5. The summed E-state index contributed by atoms with van der Waals surface area (Å²) in [5.74, 6) is 0. The van der Waals surface area contributed by atoms with Gasteiger partial charge in [0.25, 0.3) is 0 Å². The number of halogens is 4. The van der Waals surface area contributed by atoms with Crippen LogP contribution in [0, 0.1) is 0 Å². The molecule has 0 fully saturated rings. The quantitative estimate of drug-likeness (QED) is 0.677. The van der Waals surface area contributed by atoms with Crippen molar-refractivity contribution in [3.05, 3.63) is 33.8 Å². The molecular formula is C14H24Cl4N2. The first-order chi connectivity index (χ1) is 8.67. The molecule has 0 saturated heterocycles. The fourth-order valence-electron chi connectivity index (χ4n) is 1.85. The van der Waals surface area contributed by atoms with Gasteiger partial charge in [0.2, 0.25) is 0 Å². The molecule has 0 aromatic heterocycles. The third kappa shape index (κ3) is 8.56. The number of nitrogens with zero attached hydrogens (tertiary/aromatic N) is 1. The first kappa shape index (κ1) is 22.6. The molecular weight excluding hydrogens is 338 g/mol. The highest BCUT2D eigenvalue weighted by molar-refractivity contribution is 6.42. The van der Waals surface area contributed by atoms with E-state index in [-0.39, 0.29) is 24.8 Å². The summed E-state index contributed by atoms with van der Waals surface area (Å²) in [5, 5.41) is 4.66. The molecule has 0 aliphatic rings. The Hall–Kier alpha value is 0.300. The number of hydrogen-bond acceptors (Lipinski definition) is 2. The van der Waals surface area contributed by atoms with Gasteiger partial charge in [0.1, 0.15) is 0 Å². The summed E-state index contributed by atoms with van der Waals surface area (Å²) in [5.41, 5.74) is 1.17. The lowest BCUT2D eigenvalue weighted by Crippen LogP contribution is -2.27. The second-order valence-electron chi connectivity index (χ2n) is 4.31. The molecule has 1 aromatic rings. The van der Waals surface area contributed by atoms with Crippen LogP contribution in [-0.4, -0.2) is 31.1 Å². The number of rotatable bonds is 8. The molecule has 2 nitrogen and oxygen atoms in total. The average molecular weight is 362 g/mol. The molecule has 118 valence electrons. The molecule has 1 N–H and O–H groups in total. The second kappa shape index (κ2) is 13.0. The van der Waals surface area contributed by atoms with Crippen LogP contribution in [0.2, 0.25) is 10.0 Å². The minimum absolute atomic E-state index is 0. The van der Waals surface area contributed by atoms with Crippen LogP contribution >= 0.6 is 48.0 Å². The molecule has 0 unspecified atom stereocenters. The van der Waals surface area contributed by atoms with Crippen molar-refractivity contribution in [1.82, 2.24) is 10.2 Å². The largest absolute Gasteiger partial charge is 0.313 e. The van der Waals surface area contributed by atoms with Crippen molar-refractivity contribution in [2.24, 2.45) is 0 Å². The molecule has 0 bridgehead atoms. The van der Waals surface area contributed by atoms with Gasteiger partial charge in [-0.2, -0.15) is 0 Å². The summed E-state index contributed by atoms with van der Waals surface area (Å²) < 4.78 is 0. The zero-order valence-corrected chi connectivity index (χ0v) is 15.1. The van der Waals surface area contributed by atoms with Gasteiger partial charge in [-0.15, -0.1) is 24.8 Å². The van der Waals surface area contributed by atoms with Crippen LogP contribution in [0.4, 0.5) is 0 Å². The summed E-state index contributed by atoms with van der Waals surface area (Å²) in [7, 11) is 0. The molecule has 0 atom stereocenters. The van der Waals surface area contributed by atoms with Crippen LogP contribution in [0.25, 0.3) is 0 Å². The maximum Gasteiger partial charge on any atom is 0.0595 e. The van der Waals surface area contributed by atoms with E-state index in [0.29, 0.717) is 10.0 Å².